The van der Waals surface area contributed by atoms with Gasteiger partial charge in [-0.25, -0.2) is 0 Å². The zero-order valence-electron chi connectivity index (χ0n) is 9.82. The second-order valence-electron chi connectivity index (χ2n) is 4.98. The Morgan fingerprint density at radius 1 is 1.31 bits per heavy atom. The quantitative estimate of drug-likeness (QED) is 0.715. The summed E-state index contributed by atoms with van der Waals surface area (Å²) in [5.74, 6) is 0.549. The van der Waals surface area contributed by atoms with Gasteiger partial charge in [0.15, 0.2) is 0 Å². The largest absolute Gasteiger partial charge is 0.396 e. The van der Waals surface area contributed by atoms with E-state index in [0.717, 1.165) is 38.9 Å². The van der Waals surface area contributed by atoms with Crippen molar-refractivity contribution in [1.29, 1.82) is 0 Å². The summed E-state index contributed by atoms with van der Waals surface area (Å²) in [6, 6.07) is 0.0277. The number of aliphatic hydroxyl groups excluding tert-OH is 1. The van der Waals surface area contributed by atoms with Crippen molar-refractivity contribution in [3.8, 4) is 0 Å². The minimum atomic E-state index is 0.0277. The molecule has 0 bridgehead atoms. The lowest BCUT2D eigenvalue weighted by Gasteiger charge is -2.23. The molecule has 0 aromatic carbocycles. The molecule has 4 heteroatoms. The first-order valence-electron chi connectivity index (χ1n) is 6.44. The molecule has 2 fully saturated rings. The summed E-state index contributed by atoms with van der Waals surface area (Å²) >= 11 is 0. The number of carbonyl (C=O) groups excluding carboxylic acids is 1. The van der Waals surface area contributed by atoms with Crippen LogP contribution in [0.2, 0.25) is 0 Å². The Bertz CT molecular complexity index is 237. The second kappa shape index (κ2) is 5.64. The first-order valence-corrected chi connectivity index (χ1v) is 6.44. The summed E-state index contributed by atoms with van der Waals surface area (Å²) in [7, 11) is 0. The Balaban J connectivity index is 1.86. The number of amides is 1. The zero-order chi connectivity index (χ0) is 11.4. The van der Waals surface area contributed by atoms with E-state index in [-0.39, 0.29) is 18.6 Å². The molecule has 2 aliphatic rings. The van der Waals surface area contributed by atoms with Gasteiger partial charge >= 0.3 is 0 Å². The van der Waals surface area contributed by atoms with Crippen molar-refractivity contribution >= 4 is 5.91 Å². The molecule has 0 aromatic heterocycles. The number of rotatable bonds is 2. The van der Waals surface area contributed by atoms with Crippen molar-refractivity contribution in [2.45, 2.75) is 38.1 Å². The average Bonchev–Trinajstić information content (AvgIpc) is 2.62. The molecule has 0 aliphatic carbocycles. The fourth-order valence-corrected chi connectivity index (χ4v) is 2.64. The summed E-state index contributed by atoms with van der Waals surface area (Å²) in [6.45, 7) is 2.74. The molecule has 0 spiro atoms. The van der Waals surface area contributed by atoms with Crippen molar-refractivity contribution in [2.24, 2.45) is 5.92 Å². The van der Waals surface area contributed by atoms with Crippen LogP contribution in [0, 0.1) is 5.92 Å². The highest BCUT2D eigenvalue weighted by Gasteiger charge is 2.30. The van der Waals surface area contributed by atoms with E-state index in [2.05, 4.69) is 5.32 Å². The summed E-state index contributed by atoms with van der Waals surface area (Å²) in [4.78, 5) is 14.1. The van der Waals surface area contributed by atoms with Gasteiger partial charge in [0.25, 0.3) is 0 Å². The molecule has 0 radical (unpaired) electrons. The molecule has 2 rings (SSSR count). The smallest absolute Gasteiger partial charge is 0.239 e. The van der Waals surface area contributed by atoms with E-state index in [1.165, 1.54) is 12.8 Å². The molecule has 2 heterocycles. The Morgan fingerprint density at radius 2 is 2.19 bits per heavy atom. The molecule has 2 atom stereocenters. The van der Waals surface area contributed by atoms with Gasteiger partial charge in [-0.1, -0.05) is 12.8 Å². The van der Waals surface area contributed by atoms with E-state index in [1.807, 2.05) is 4.90 Å². The van der Waals surface area contributed by atoms with E-state index in [9.17, 15) is 4.79 Å². The molecule has 2 N–H and O–H groups in total. The third kappa shape index (κ3) is 2.74. The third-order valence-electron chi connectivity index (χ3n) is 3.71. The predicted molar refractivity (Wildman–Crippen MR) is 62.0 cm³/mol. The summed E-state index contributed by atoms with van der Waals surface area (Å²) in [5, 5.41) is 12.4. The highest BCUT2D eigenvalue weighted by molar-refractivity contribution is 5.82. The number of aliphatic hydroxyl groups is 1. The lowest BCUT2D eigenvalue weighted by Crippen LogP contribution is -2.45. The number of nitrogens with one attached hydrogen (secondary N) is 1. The molecular weight excluding hydrogens is 204 g/mol. The van der Waals surface area contributed by atoms with E-state index < -0.39 is 0 Å². The molecule has 0 aromatic rings. The molecule has 2 unspecified atom stereocenters. The highest BCUT2D eigenvalue weighted by atomic mass is 16.3. The van der Waals surface area contributed by atoms with Crippen LogP contribution in [0.25, 0.3) is 0 Å². The van der Waals surface area contributed by atoms with E-state index in [0.29, 0.717) is 5.92 Å². The van der Waals surface area contributed by atoms with Gasteiger partial charge in [-0.2, -0.15) is 0 Å². The maximum Gasteiger partial charge on any atom is 0.239 e. The molecular formula is C12H22N2O2. The van der Waals surface area contributed by atoms with Gasteiger partial charge in [0.05, 0.1) is 6.04 Å². The Hall–Kier alpha value is -0.610. The number of hydrogen-bond acceptors (Lipinski definition) is 3. The maximum absolute atomic E-state index is 12.2. The summed E-state index contributed by atoms with van der Waals surface area (Å²) in [5.41, 5.74) is 0. The molecule has 1 amide bonds. The summed E-state index contributed by atoms with van der Waals surface area (Å²) < 4.78 is 0. The number of nitrogens with zero attached hydrogens (tertiary/aromatic N) is 1. The van der Waals surface area contributed by atoms with Gasteiger partial charge in [-0.15, -0.1) is 0 Å². The fourth-order valence-electron chi connectivity index (χ4n) is 2.64. The van der Waals surface area contributed by atoms with Crippen LogP contribution < -0.4 is 5.32 Å². The van der Waals surface area contributed by atoms with Crippen molar-refractivity contribution in [2.75, 3.05) is 26.2 Å². The molecule has 2 aliphatic heterocycles. The van der Waals surface area contributed by atoms with Crippen LogP contribution >= 0.6 is 0 Å². The van der Waals surface area contributed by atoms with Crippen LogP contribution in [0.5, 0.6) is 0 Å². The first kappa shape index (κ1) is 11.9. The van der Waals surface area contributed by atoms with Gasteiger partial charge in [0, 0.05) is 25.6 Å². The number of likely N-dealkylation sites (tertiary alicyclic amines) is 1. The lowest BCUT2D eigenvalue weighted by molar-refractivity contribution is -0.132. The molecule has 4 nitrogen and oxygen atoms in total. The van der Waals surface area contributed by atoms with Gasteiger partial charge < -0.3 is 15.3 Å². The zero-order valence-corrected chi connectivity index (χ0v) is 9.82. The normalized spacial score (nSPS) is 31.4. The minimum absolute atomic E-state index is 0.0277. The van der Waals surface area contributed by atoms with E-state index in [4.69, 9.17) is 5.11 Å². The van der Waals surface area contributed by atoms with Gasteiger partial charge in [-0.3, -0.25) is 4.79 Å². The molecule has 16 heavy (non-hydrogen) atoms. The molecule has 2 saturated heterocycles. The van der Waals surface area contributed by atoms with Crippen LogP contribution in [0.15, 0.2) is 0 Å². The Labute approximate surface area is 97.0 Å². The van der Waals surface area contributed by atoms with Crippen molar-refractivity contribution in [1.82, 2.24) is 10.2 Å². The van der Waals surface area contributed by atoms with Crippen molar-refractivity contribution in [3.63, 3.8) is 0 Å². The standard InChI is InChI=1S/C12H22N2O2/c15-9-10-5-7-14(8-10)12(16)11-4-2-1-3-6-13-11/h10-11,13,15H,1-9H2. The fraction of sp³-hybridized carbons (Fsp3) is 0.917. The van der Waals surface area contributed by atoms with Crippen LogP contribution in [-0.4, -0.2) is 48.2 Å². The lowest BCUT2D eigenvalue weighted by atomic mass is 10.1. The Morgan fingerprint density at radius 3 is 2.94 bits per heavy atom. The van der Waals surface area contributed by atoms with Crippen molar-refractivity contribution < 1.29 is 9.90 Å². The third-order valence-corrected chi connectivity index (χ3v) is 3.71. The molecule has 0 saturated carbocycles. The summed E-state index contributed by atoms with van der Waals surface area (Å²) in [6.07, 6.45) is 5.49. The van der Waals surface area contributed by atoms with E-state index >= 15 is 0 Å². The average molecular weight is 226 g/mol. The van der Waals surface area contributed by atoms with Gasteiger partial charge in [-0.05, 0) is 25.8 Å². The Kier molecular flexibility index (Phi) is 4.18. The van der Waals surface area contributed by atoms with Crippen LogP contribution in [-0.2, 0) is 4.79 Å². The number of carbonyl (C=O) groups is 1. The van der Waals surface area contributed by atoms with Gasteiger partial charge in [0.2, 0.25) is 5.91 Å². The van der Waals surface area contributed by atoms with E-state index in [1.54, 1.807) is 0 Å². The van der Waals surface area contributed by atoms with Crippen LogP contribution in [0.3, 0.4) is 0 Å². The SMILES string of the molecule is O=C(C1CCCCCN1)N1CCC(CO)C1. The van der Waals surface area contributed by atoms with Crippen molar-refractivity contribution in [3.05, 3.63) is 0 Å². The predicted octanol–water partition coefficient (Wildman–Crippen LogP) is 0.359. The van der Waals surface area contributed by atoms with Crippen LogP contribution in [0.4, 0.5) is 0 Å². The maximum atomic E-state index is 12.2. The first-order chi connectivity index (χ1) is 7.81. The monoisotopic (exact) mass is 226 g/mol. The molecule has 92 valence electrons. The number of hydrogen-bond donors (Lipinski definition) is 2. The highest BCUT2D eigenvalue weighted by Crippen LogP contribution is 2.18. The minimum Gasteiger partial charge on any atom is -0.396 e. The van der Waals surface area contributed by atoms with Gasteiger partial charge in [0.1, 0.15) is 0 Å². The topological polar surface area (TPSA) is 52.6 Å². The second-order valence-corrected chi connectivity index (χ2v) is 4.98. The van der Waals surface area contributed by atoms with Crippen LogP contribution in [0.1, 0.15) is 32.1 Å².